The second-order valence-corrected chi connectivity index (χ2v) is 9.05. The third-order valence-electron chi connectivity index (χ3n) is 3.28. The minimum atomic E-state index is -1.17. The first-order valence-electron chi connectivity index (χ1n) is 6.53. The Kier molecular flexibility index (Phi) is 4.33. The molecule has 3 atom stereocenters. The lowest BCUT2D eigenvalue weighted by Gasteiger charge is -2.21. The van der Waals surface area contributed by atoms with Gasteiger partial charge >= 0.3 is 0 Å². The second kappa shape index (κ2) is 5.51. The average molecular weight is 295 g/mol. The van der Waals surface area contributed by atoms with Gasteiger partial charge in [0.15, 0.2) is 0 Å². The fraction of sp³-hybridized carbons (Fsp3) is 0.533. The summed E-state index contributed by atoms with van der Waals surface area (Å²) >= 11 is 0.671. The molecule has 4 heteroatoms. The van der Waals surface area contributed by atoms with Crippen molar-refractivity contribution in [3.63, 3.8) is 0 Å². The van der Waals surface area contributed by atoms with Gasteiger partial charge in [-0.25, -0.2) is 0 Å². The van der Waals surface area contributed by atoms with Crippen molar-refractivity contribution in [1.82, 2.24) is 0 Å². The molecule has 0 bridgehead atoms. The van der Waals surface area contributed by atoms with Gasteiger partial charge in [-0.2, -0.15) is 0 Å². The molecule has 0 N–H and O–H groups in total. The monoisotopic (exact) mass is 295 g/mol. The predicted molar refractivity (Wildman–Crippen MR) is 85.5 cm³/mol. The third kappa shape index (κ3) is 3.18. The molecule has 2 nitrogen and oxygen atoms in total. The van der Waals surface area contributed by atoms with Gasteiger partial charge < -0.3 is 4.55 Å². The van der Waals surface area contributed by atoms with Crippen molar-refractivity contribution in [3.05, 3.63) is 29.8 Å². The fourth-order valence-corrected chi connectivity index (χ4v) is 4.24. The lowest BCUT2D eigenvalue weighted by Crippen LogP contribution is -2.28. The van der Waals surface area contributed by atoms with Gasteiger partial charge in [-0.3, -0.25) is 0 Å². The summed E-state index contributed by atoms with van der Waals surface area (Å²) in [6.07, 6.45) is 0. The van der Waals surface area contributed by atoms with Crippen LogP contribution in [0.15, 0.2) is 33.6 Å². The molecule has 1 aromatic carbocycles. The summed E-state index contributed by atoms with van der Waals surface area (Å²) in [6, 6.07) is 8.49. The van der Waals surface area contributed by atoms with E-state index in [0.717, 1.165) is 5.71 Å². The standard InChI is InChI=1S/C15H21NOS2/c1-10-12-8-6-7-9-13(12)18-14(10)11(2)16-19(17)15(3,4)5/h6-10,14H,1-5H3. The maximum Gasteiger partial charge on any atom is 0.144 e. The molecule has 0 amide bonds. The van der Waals surface area contributed by atoms with Gasteiger partial charge in [-0.1, -0.05) is 29.5 Å². The summed E-state index contributed by atoms with van der Waals surface area (Å²) < 4.78 is 16.3. The van der Waals surface area contributed by atoms with Crippen LogP contribution < -0.4 is 0 Å². The molecule has 3 unspecified atom stereocenters. The summed E-state index contributed by atoms with van der Waals surface area (Å²) in [5, 5.41) is 0.309. The summed E-state index contributed by atoms with van der Waals surface area (Å²) in [6.45, 7) is 10.1. The van der Waals surface area contributed by atoms with Gasteiger partial charge in [-0.15, -0.1) is 11.8 Å². The number of hydrogen-bond donors (Lipinski definition) is 0. The molecule has 1 aromatic rings. The average Bonchev–Trinajstić information content (AvgIpc) is 2.66. The Labute approximate surface area is 123 Å². The van der Waals surface area contributed by atoms with E-state index < -0.39 is 11.4 Å². The summed E-state index contributed by atoms with van der Waals surface area (Å²) in [4.78, 5) is 1.33. The van der Waals surface area contributed by atoms with Crippen molar-refractivity contribution in [3.8, 4) is 0 Å². The van der Waals surface area contributed by atoms with Crippen molar-refractivity contribution >= 4 is 28.8 Å². The van der Waals surface area contributed by atoms with Crippen LogP contribution in [0.5, 0.6) is 0 Å². The molecule has 0 saturated carbocycles. The summed E-state index contributed by atoms with van der Waals surface area (Å²) in [7, 11) is 0. The first kappa shape index (κ1) is 14.9. The van der Waals surface area contributed by atoms with Gasteiger partial charge in [0.1, 0.15) is 16.1 Å². The van der Waals surface area contributed by atoms with Crippen molar-refractivity contribution in [2.75, 3.05) is 0 Å². The van der Waals surface area contributed by atoms with E-state index >= 15 is 0 Å². The van der Waals surface area contributed by atoms with Gasteiger partial charge in [0, 0.05) is 4.90 Å². The highest BCUT2D eigenvalue weighted by Crippen LogP contribution is 2.45. The maximum atomic E-state index is 12.1. The Morgan fingerprint density at radius 3 is 2.53 bits per heavy atom. The molecule has 1 aliphatic heterocycles. The zero-order chi connectivity index (χ0) is 14.2. The van der Waals surface area contributed by atoms with E-state index in [1.165, 1.54) is 10.5 Å². The Morgan fingerprint density at radius 2 is 1.95 bits per heavy atom. The number of thioether (sulfide) groups is 1. The van der Waals surface area contributed by atoms with Gasteiger partial charge in [-0.05, 0) is 45.2 Å². The fourth-order valence-electron chi connectivity index (χ4n) is 2.13. The molecule has 104 valence electrons. The van der Waals surface area contributed by atoms with Crippen molar-refractivity contribution < 1.29 is 4.55 Å². The maximum absolute atomic E-state index is 12.1. The molecule has 2 rings (SSSR count). The minimum absolute atomic E-state index is 0.291. The van der Waals surface area contributed by atoms with Crippen LogP contribution in [0, 0.1) is 0 Å². The smallest absolute Gasteiger partial charge is 0.144 e. The Morgan fingerprint density at radius 1 is 1.32 bits per heavy atom. The molecule has 0 saturated heterocycles. The number of rotatable bonds is 2. The van der Waals surface area contributed by atoms with Gasteiger partial charge in [0.25, 0.3) is 0 Å². The number of fused-ring (bicyclic) bond motifs is 1. The first-order chi connectivity index (χ1) is 8.80. The molecule has 19 heavy (non-hydrogen) atoms. The van der Waals surface area contributed by atoms with Crippen LogP contribution >= 0.6 is 11.8 Å². The Bertz CT molecular complexity index is 493. The molecular weight excluding hydrogens is 274 g/mol. The topological polar surface area (TPSA) is 35.4 Å². The van der Waals surface area contributed by atoms with E-state index in [2.05, 4.69) is 35.6 Å². The van der Waals surface area contributed by atoms with Crippen molar-refractivity contribution in [2.45, 2.75) is 55.4 Å². The van der Waals surface area contributed by atoms with Crippen LogP contribution in [0.4, 0.5) is 0 Å². The lowest BCUT2D eigenvalue weighted by molar-refractivity contribution is 0.561. The van der Waals surface area contributed by atoms with E-state index in [-0.39, 0.29) is 4.75 Å². The van der Waals surface area contributed by atoms with Crippen LogP contribution in [0.2, 0.25) is 0 Å². The molecule has 0 aliphatic carbocycles. The summed E-state index contributed by atoms with van der Waals surface area (Å²) in [5.74, 6) is 0.432. The third-order valence-corrected chi connectivity index (χ3v) is 6.41. The van der Waals surface area contributed by atoms with E-state index in [4.69, 9.17) is 0 Å². The Hall–Kier alpha value is -0.450. The zero-order valence-corrected chi connectivity index (χ0v) is 13.8. The van der Waals surface area contributed by atoms with E-state index in [9.17, 15) is 4.55 Å². The number of nitrogens with zero attached hydrogens (tertiary/aromatic N) is 1. The van der Waals surface area contributed by atoms with Crippen LogP contribution in [-0.2, 0) is 11.4 Å². The van der Waals surface area contributed by atoms with Crippen LogP contribution in [0.3, 0.4) is 0 Å². The highest BCUT2D eigenvalue weighted by Gasteiger charge is 2.34. The van der Waals surface area contributed by atoms with Crippen LogP contribution in [0.1, 0.15) is 46.1 Å². The highest BCUT2D eigenvalue weighted by molar-refractivity contribution is 8.01. The lowest BCUT2D eigenvalue weighted by atomic mass is 9.96. The normalized spacial score (nSPS) is 25.3. The van der Waals surface area contributed by atoms with Crippen molar-refractivity contribution in [1.29, 1.82) is 0 Å². The molecular formula is C15H21NOS2. The SMILES string of the molecule is CC(=N[S+]([O-])C(C)(C)C)C1Sc2ccccc2C1C. The Balaban J connectivity index is 2.19. The number of hydrogen-bond acceptors (Lipinski definition) is 3. The van der Waals surface area contributed by atoms with E-state index in [1.807, 2.05) is 39.5 Å². The molecule has 1 aliphatic rings. The van der Waals surface area contributed by atoms with Crippen LogP contribution in [-0.4, -0.2) is 20.3 Å². The van der Waals surface area contributed by atoms with Crippen LogP contribution in [0.25, 0.3) is 0 Å². The molecule has 1 heterocycles. The quantitative estimate of drug-likeness (QED) is 0.606. The first-order valence-corrected chi connectivity index (χ1v) is 8.52. The summed E-state index contributed by atoms with van der Waals surface area (Å²) in [5.41, 5.74) is 2.37. The highest BCUT2D eigenvalue weighted by atomic mass is 32.2. The van der Waals surface area contributed by atoms with E-state index in [1.54, 1.807) is 0 Å². The predicted octanol–water partition coefficient (Wildman–Crippen LogP) is 4.19. The van der Waals surface area contributed by atoms with Crippen molar-refractivity contribution in [2.24, 2.45) is 4.40 Å². The molecule has 0 radical (unpaired) electrons. The zero-order valence-electron chi connectivity index (χ0n) is 12.1. The second-order valence-electron chi connectivity index (χ2n) is 5.96. The van der Waals surface area contributed by atoms with Gasteiger partial charge in [0.05, 0.1) is 11.0 Å². The molecule has 0 aromatic heterocycles. The largest absolute Gasteiger partial charge is 0.591 e. The number of benzene rings is 1. The van der Waals surface area contributed by atoms with E-state index in [0.29, 0.717) is 11.2 Å². The minimum Gasteiger partial charge on any atom is -0.591 e. The van der Waals surface area contributed by atoms with Gasteiger partial charge in [0.2, 0.25) is 0 Å². The molecule has 0 spiro atoms. The molecule has 0 fully saturated rings.